The molecule has 2 saturated heterocycles. The molecule has 1 atom stereocenters. The topological polar surface area (TPSA) is 60.9 Å². The number of rotatable bonds is 2. The van der Waals surface area contributed by atoms with Crippen molar-refractivity contribution in [1.29, 1.82) is 0 Å². The molecule has 0 bridgehead atoms. The molecule has 3 aliphatic rings. The molecule has 5 heteroatoms. The van der Waals surface area contributed by atoms with Gasteiger partial charge in [0.05, 0.1) is 0 Å². The number of hydrogen-bond acceptors (Lipinski definition) is 3. The van der Waals surface area contributed by atoms with Crippen molar-refractivity contribution in [3.05, 3.63) is 0 Å². The van der Waals surface area contributed by atoms with Gasteiger partial charge in [-0.3, -0.25) is 14.5 Å². The summed E-state index contributed by atoms with van der Waals surface area (Å²) in [6.07, 6.45) is 4.67. The first-order valence-electron chi connectivity index (χ1n) is 6.90. The Bertz CT molecular complexity index is 378. The molecule has 18 heavy (non-hydrogen) atoms. The van der Waals surface area contributed by atoms with Crippen LogP contribution in [0.4, 0.5) is 0 Å². The van der Waals surface area contributed by atoms with Crippen LogP contribution in [0.5, 0.6) is 0 Å². The predicted octanol–water partition coefficient (Wildman–Crippen LogP) is 0.548. The van der Waals surface area contributed by atoms with Crippen LogP contribution in [0.15, 0.2) is 0 Å². The highest BCUT2D eigenvalue weighted by Crippen LogP contribution is 2.47. The van der Waals surface area contributed by atoms with E-state index in [1.807, 2.05) is 0 Å². The van der Waals surface area contributed by atoms with Crippen molar-refractivity contribution in [2.45, 2.75) is 38.1 Å². The molecule has 3 rings (SSSR count). The van der Waals surface area contributed by atoms with Crippen LogP contribution in [-0.2, 0) is 9.59 Å². The van der Waals surface area contributed by atoms with E-state index in [0.717, 1.165) is 26.1 Å². The van der Waals surface area contributed by atoms with E-state index < -0.39 is 11.4 Å². The fourth-order valence-corrected chi connectivity index (χ4v) is 3.29. The quantitative estimate of drug-likeness (QED) is 0.729. The third kappa shape index (κ3) is 1.81. The van der Waals surface area contributed by atoms with Crippen LogP contribution >= 0.6 is 0 Å². The van der Waals surface area contributed by atoms with Crippen LogP contribution in [-0.4, -0.2) is 59.0 Å². The molecule has 1 unspecified atom stereocenters. The van der Waals surface area contributed by atoms with E-state index in [9.17, 15) is 14.7 Å². The molecule has 1 saturated carbocycles. The third-order valence-corrected chi connectivity index (χ3v) is 4.69. The lowest BCUT2D eigenvalue weighted by Gasteiger charge is -2.44. The van der Waals surface area contributed by atoms with Crippen molar-refractivity contribution in [3.63, 3.8) is 0 Å². The smallest absolute Gasteiger partial charge is 0.319 e. The summed E-state index contributed by atoms with van der Waals surface area (Å²) in [5, 5.41) is 9.18. The highest BCUT2D eigenvalue weighted by Gasteiger charge is 2.59. The van der Waals surface area contributed by atoms with Gasteiger partial charge in [-0.25, -0.2) is 0 Å². The Balaban J connectivity index is 1.67. The molecule has 2 aliphatic heterocycles. The normalized spacial score (nSPS) is 30.7. The summed E-state index contributed by atoms with van der Waals surface area (Å²) in [5.41, 5.74) is -1.06. The maximum absolute atomic E-state index is 12.3. The van der Waals surface area contributed by atoms with Gasteiger partial charge in [0.2, 0.25) is 5.91 Å². The molecule has 0 aromatic heterocycles. The average molecular weight is 252 g/mol. The standard InChI is InChI=1S/C13H20N2O3/c16-11(13(4-5-13)12(17)18)15-8-7-14-6-2-1-3-10(14)9-15/h10H,1-9H2,(H,17,18). The Hall–Kier alpha value is -1.10. The lowest BCUT2D eigenvalue weighted by molar-refractivity contribution is -0.155. The van der Waals surface area contributed by atoms with E-state index >= 15 is 0 Å². The number of fused-ring (bicyclic) bond motifs is 1. The second-order valence-corrected chi connectivity index (χ2v) is 5.82. The number of piperidine rings is 1. The minimum absolute atomic E-state index is 0.139. The molecular formula is C13H20N2O3. The van der Waals surface area contributed by atoms with Crippen molar-refractivity contribution >= 4 is 11.9 Å². The highest BCUT2D eigenvalue weighted by molar-refractivity contribution is 6.04. The summed E-state index contributed by atoms with van der Waals surface area (Å²) in [4.78, 5) is 27.8. The van der Waals surface area contributed by atoms with Crippen molar-refractivity contribution in [2.24, 2.45) is 5.41 Å². The Kier molecular flexibility index (Phi) is 2.81. The van der Waals surface area contributed by atoms with E-state index in [2.05, 4.69) is 4.90 Å². The Morgan fingerprint density at radius 1 is 1.11 bits per heavy atom. The van der Waals surface area contributed by atoms with Gasteiger partial charge in [-0.15, -0.1) is 0 Å². The van der Waals surface area contributed by atoms with Gasteiger partial charge in [-0.05, 0) is 32.2 Å². The molecule has 2 heterocycles. The van der Waals surface area contributed by atoms with Crippen molar-refractivity contribution in [1.82, 2.24) is 9.80 Å². The number of carbonyl (C=O) groups excluding carboxylic acids is 1. The number of hydrogen-bond donors (Lipinski definition) is 1. The lowest BCUT2D eigenvalue weighted by Crippen LogP contribution is -2.57. The molecule has 1 amide bonds. The van der Waals surface area contributed by atoms with Gasteiger partial charge < -0.3 is 10.0 Å². The van der Waals surface area contributed by atoms with Gasteiger partial charge in [0.1, 0.15) is 5.41 Å². The Morgan fingerprint density at radius 2 is 1.89 bits per heavy atom. The van der Waals surface area contributed by atoms with Crippen LogP contribution < -0.4 is 0 Å². The fraction of sp³-hybridized carbons (Fsp3) is 0.846. The average Bonchev–Trinajstić information content (AvgIpc) is 3.19. The number of carbonyl (C=O) groups is 2. The van der Waals surface area contributed by atoms with E-state index in [4.69, 9.17) is 0 Å². The minimum atomic E-state index is -1.06. The zero-order valence-corrected chi connectivity index (χ0v) is 10.6. The van der Waals surface area contributed by atoms with Gasteiger partial charge >= 0.3 is 5.97 Å². The second-order valence-electron chi connectivity index (χ2n) is 5.82. The fourth-order valence-electron chi connectivity index (χ4n) is 3.29. The molecule has 0 radical (unpaired) electrons. The Labute approximate surface area is 107 Å². The minimum Gasteiger partial charge on any atom is -0.480 e. The van der Waals surface area contributed by atoms with Crippen LogP contribution in [0.3, 0.4) is 0 Å². The zero-order valence-electron chi connectivity index (χ0n) is 10.6. The first kappa shape index (κ1) is 12.0. The number of nitrogens with zero attached hydrogens (tertiary/aromatic N) is 2. The number of amides is 1. The summed E-state index contributed by atoms with van der Waals surface area (Å²) < 4.78 is 0. The molecule has 1 aliphatic carbocycles. The maximum Gasteiger partial charge on any atom is 0.319 e. The summed E-state index contributed by atoms with van der Waals surface area (Å²) in [6.45, 7) is 3.47. The molecule has 0 spiro atoms. The third-order valence-electron chi connectivity index (χ3n) is 4.69. The van der Waals surface area contributed by atoms with Gasteiger partial charge in [0, 0.05) is 25.7 Å². The molecule has 5 nitrogen and oxygen atoms in total. The first-order valence-corrected chi connectivity index (χ1v) is 6.90. The Morgan fingerprint density at radius 3 is 2.56 bits per heavy atom. The predicted molar refractivity (Wildman–Crippen MR) is 65.1 cm³/mol. The van der Waals surface area contributed by atoms with E-state index in [-0.39, 0.29) is 5.91 Å². The number of piperazine rings is 1. The van der Waals surface area contributed by atoms with Crippen LogP contribution in [0.25, 0.3) is 0 Å². The monoisotopic (exact) mass is 252 g/mol. The summed E-state index contributed by atoms with van der Waals surface area (Å²) in [7, 11) is 0. The summed E-state index contributed by atoms with van der Waals surface area (Å²) in [6, 6.07) is 0.459. The van der Waals surface area contributed by atoms with Gasteiger partial charge in [-0.2, -0.15) is 0 Å². The van der Waals surface area contributed by atoms with Gasteiger partial charge in [-0.1, -0.05) is 6.42 Å². The molecule has 100 valence electrons. The molecule has 0 aromatic carbocycles. The first-order chi connectivity index (χ1) is 8.63. The van der Waals surface area contributed by atoms with Gasteiger partial charge in [0.25, 0.3) is 0 Å². The van der Waals surface area contributed by atoms with Crippen molar-refractivity contribution in [3.8, 4) is 0 Å². The van der Waals surface area contributed by atoms with Crippen LogP contribution in [0.1, 0.15) is 32.1 Å². The second kappa shape index (κ2) is 4.23. The van der Waals surface area contributed by atoms with E-state index in [1.54, 1.807) is 4.90 Å². The molecule has 3 fully saturated rings. The maximum atomic E-state index is 12.3. The molecular weight excluding hydrogens is 232 g/mol. The largest absolute Gasteiger partial charge is 0.480 e. The number of aliphatic carboxylic acids is 1. The molecule has 0 aromatic rings. The molecule has 1 N–H and O–H groups in total. The van der Waals surface area contributed by atoms with Crippen LogP contribution in [0, 0.1) is 5.41 Å². The highest BCUT2D eigenvalue weighted by atomic mass is 16.4. The van der Waals surface area contributed by atoms with Gasteiger partial charge in [0.15, 0.2) is 0 Å². The van der Waals surface area contributed by atoms with Crippen molar-refractivity contribution < 1.29 is 14.7 Å². The summed E-state index contributed by atoms with van der Waals surface area (Å²) in [5.74, 6) is -1.07. The number of carboxylic acids is 1. The SMILES string of the molecule is O=C(O)C1(C(=O)N2CCN3CCCCC3C2)CC1. The van der Waals surface area contributed by atoms with Crippen LogP contribution in [0.2, 0.25) is 0 Å². The lowest BCUT2D eigenvalue weighted by atomic mass is 9.97. The summed E-state index contributed by atoms with van der Waals surface area (Å²) >= 11 is 0. The van der Waals surface area contributed by atoms with Crippen molar-refractivity contribution in [2.75, 3.05) is 26.2 Å². The number of carboxylic acid groups (broad SMARTS) is 1. The zero-order chi connectivity index (χ0) is 12.8. The van der Waals surface area contributed by atoms with E-state index in [0.29, 0.717) is 25.4 Å². The van der Waals surface area contributed by atoms with E-state index in [1.165, 1.54) is 12.8 Å².